The van der Waals surface area contributed by atoms with Gasteiger partial charge in [-0.2, -0.15) is 0 Å². The van der Waals surface area contributed by atoms with Gasteiger partial charge in [-0.3, -0.25) is 9.00 Å². The van der Waals surface area contributed by atoms with Crippen molar-refractivity contribution in [2.24, 2.45) is 0 Å². The van der Waals surface area contributed by atoms with Gasteiger partial charge >= 0.3 is 0 Å². The van der Waals surface area contributed by atoms with Crippen LogP contribution in [0.15, 0.2) is 64.7 Å². The molecule has 1 spiro atoms. The first-order chi connectivity index (χ1) is 22.7. The van der Waals surface area contributed by atoms with Crippen molar-refractivity contribution in [3.8, 4) is 16.9 Å². The monoisotopic (exact) mass is 666 g/mol. The van der Waals surface area contributed by atoms with Crippen molar-refractivity contribution in [3.63, 3.8) is 0 Å². The molecule has 14 heteroatoms. The highest BCUT2D eigenvalue weighted by molar-refractivity contribution is 7.84. The molecule has 3 fully saturated rings. The topological polar surface area (TPSA) is 123 Å². The van der Waals surface area contributed by atoms with Crippen LogP contribution in [0.4, 0.5) is 20.3 Å². The number of halogens is 2. The minimum atomic E-state index is -2.67. The summed E-state index contributed by atoms with van der Waals surface area (Å²) in [6.45, 7) is 6.05. The van der Waals surface area contributed by atoms with E-state index in [1.54, 1.807) is 24.7 Å². The second-order valence-electron chi connectivity index (χ2n) is 12.2. The molecule has 0 bridgehead atoms. The van der Waals surface area contributed by atoms with Gasteiger partial charge in [-0.05, 0) is 49.6 Å². The predicted octanol–water partition coefficient (Wildman–Crippen LogP) is 4.15. The van der Waals surface area contributed by atoms with E-state index >= 15 is 0 Å². The summed E-state index contributed by atoms with van der Waals surface area (Å²) in [6.07, 6.45) is 11.9. The quantitative estimate of drug-likeness (QED) is 0.425. The van der Waals surface area contributed by atoms with Crippen molar-refractivity contribution in [2.75, 3.05) is 55.5 Å². The van der Waals surface area contributed by atoms with Crippen LogP contribution in [0.1, 0.15) is 43.6 Å². The molecule has 7 heterocycles. The van der Waals surface area contributed by atoms with Crippen LogP contribution in [0, 0.1) is 0 Å². The van der Waals surface area contributed by atoms with E-state index in [1.807, 2.05) is 41.3 Å². The lowest BCUT2D eigenvalue weighted by atomic mass is 9.90. The zero-order valence-electron chi connectivity index (χ0n) is 26.1. The molecular weight excluding hydrogens is 630 g/mol. The molecule has 3 saturated heterocycles. The first-order valence-electron chi connectivity index (χ1n) is 15.7. The van der Waals surface area contributed by atoms with E-state index in [9.17, 15) is 17.8 Å². The summed E-state index contributed by atoms with van der Waals surface area (Å²) < 4.78 is 55.2. The van der Waals surface area contributed by atoms with Gasteiger partial charge in [0.2, 0.25) is 0 Å². The number of aromatic nitrogens is 4. The van der Waals surface area contributed by atoms with E-state index in [2.05, 4.69) is 31.8 Å². The third kappa shape index (κ3) is 5.98. The van der Waals surface area contributed by atoms with Gasteiger partial charge in [0.25, 0.3) is 12.0 Å². The first kappa shape index (κ1) is 31.6. The number of aromatic amines is 1. The molecule has 4 aliphatic heterocycles. The van der Waals surface area contributed by atoms with Crippen molar-refractivity contribution in [1.29, 1.82) is 0 Å². The fourth-order valence-electron chi connectivity index (χ4n) is 6.64. The van der Waals surface area contributed by atoms with E-state index in [1.165, 1.54) is 0 Å². The average Bonchev–Trinajstić information content (AvgIpc) is 3.73. The molecule has 0 saturated carbocycles. The summed E-state index contributed by atoms with van der Waals surface area (Å²) >= 11 is 0. The Morgan fingerprint density at radius 1 is 1.09 bits per heavy atom. The fourth-order valence-corrected chi connectivity index (χ4v) is 7.14. The lowest BCUT2D eigenvalue weighted by Crippen LogP contribution is -2.68. The van der Waals surface area contributed by atoms with Crippen LogP contribution in [0.25, 0.3) is 11.1 Å². The third-order valence-electron chi connectivity index (χ3n) is 9.35. The lowest BCUT2D eigenvalue weighted by molar-refractivity contribution is -0.228. The molecular formula is C33H36F2N6O5S. The molecule has 1 aliphatic carbocycles. The number of morpholine rings is 1. The molecule has 3 aromatic rings. The van der Waals surface area contributed by atoms with E-state index in [-0.39, 0.29) is 29.2 Å². The SMILES string of the molecule is CC1N(c2cc(-c3ccnc(S(C)=O)c3)c[nH]c2=O)CCOC12COC2.FC(F)c1nc2c(c(N3CCCC3)n1)OC1C=CC=CC21. The van der Waals surface area contributed by atoms with Crippen LogP contribution in [0.3, 0.4) is 0 Å². The van der Waals surface area contributed by atoms with Crippen molar-refractivity contribution < 1.29 is 27.2 Å². The summed E-state index contributed by atoms with van der Waals surface area (Å²) in [7, 11) is -1.16. The minimum absolute atomic E-state index is 0.0393. The zero-order valence-corrected chi connectivity index (χ0v) is 26.9. The largest absolute Gasteiger partial charge is 0.479 e. The number of pyridine rings is 2. The highest BCUT2D eigenvalue weighted by atomic mass is 32.2. The number of H-pyrrole nitrogens is 1. The number of hydrogen-bond acceptors (Lipinski definition) is 10. The number of ether oxygens (including phenoxy) is 3. The van der Waals surface area contributed by atoms with Gasteiger partial charge in [-0.1, -0.05) is 18.2 Å². The fraction of sp³-hybridized carbons (Fsp3) is 0.455. The van der Waals surface area contributed by atoms with E-state index in [0.29, 0.717) is 54.3 Å². The van der Waals surface area contributed by atoms with E-state index < -0.39 is 23.0 Å². The van der Waals surface area contributed by atoms with Gasteiger partial charge in [-0.25, -0.2) is 23.7 Å². The van der Waals surface area contributed by atoms with Gasteiger partial charge in [-0.15, -0.1) is 0 Å². The number of anilines is 2. The molecule has 248 valence electrons. The molecule has 3 aromatic heterocycles. The number of alkyl halides is 2. The maximum atomic E-state index is 13.1. The smallest absolute Gasteiger partial charge is 0.297 e. The number of allylic oxidation sites excluding steroid dienone is 2. The number of nitrogens with one attached hydrogen (secondary N) is 1. The van der Waals surface area contributed by atoms with Gasteiger partial charge in [0.05, 0.1) is 48.3 Å². The molecule has 5 aliphatic rings. The van der Waals surface area contributed by atoms with Crippen molar-refractivity contribution in [1.82, 2.24) is 19.9 Å². The molecule has 0 amide bonds. The van der Waals surface area contributed by atoms with Crippen molar-refractivity contribution in [3.05, 3.63) is 76.8 Å². The molecule has 4 unspecified atom stereocenters. The van der Waals surface area contributed by atoms with Crippen LogP contribution >= 0.6 is 0 Å². The highest BCUT2D eigenvalue weighted by Crippen LogP contribution is 2.46. The Kier molecular flexibility index (Phi) is 8.66. The zero-order chi connectivity index (χ0) is 32.7. The van der Waals surface area contributed by atoms with Gasteiger partial charge in [0.1, 0.15) is 22.4 Å². The van der Waals surface area contributed by atoms with Crippen molar-refractivity contribution in [2.45, 2.75) is 54.9 Å². The average molecular weight is 667 g/mol. The molecule has 4 atom stereocenters. The summed E-state index contributed by atoms with van der Waals surface area (Å²) in [5.74, 6) is 0.617. The molecule has 11 nitrogen and oxygen atoms in total. The minimum Gasteiger partial charge on any atom is -0.479 e. The first-order valence-corrected chi connectivity index (χ1v) is 17.3. The number of hydrogen-bond donors (Lipinski definition) is 1. The Morgan fingerprint density at radius 3 is 2.60 bits per heavy atom. The highest BCUT2D eigenvalue weighted by Gasteiger charge is 2.50. The van der Waals surface area contributed by atoms with Gasteiger partial charge in [0.15, 0.2) is 17.4 Å². The van der Waals surface area contributed by atoms with Crippen LogP contribution in [0.5, 0.6) is 5.75 Å². The predicted molar refractivity (Wildman–Crippen MR) is 173 cm³/mol. The Hall–Kier alpha value is -4.01. The van der Waals surface area contributed by atoms with Gasteiger partial charge in [0, 0.05) is 43.8 Å². The maximum Gasteiger partial charge on any atom is 0.297 e. The Balaban J connectivity index is 0.000000153. The third-order valence-corrected chi connectivity index (χ3v) is 10.2. The van der Waals surface area contributed by atoms with Crippen LogP contribution < -0.4 is 20.1 Å². The maximum absolute atomic E-state index is 13.1. The summed E-state index contributed by atoms with van der Waals surface area (Å²) in [5.41, 5.74) is 2.46. The summed E-state index contributed by atoms with van der Waals surface area (Å²) in [5, 5.41) is 0.514. The second kappa shape index (κ2) is 12.9. The van der Waals surface area contributed by atoms with E-state index in [4.69, 9.17) is 14.2 Å². The molecule has 0 radical (unpaired) electrons. The number of rotatable bonds is 5. The van der Waals surface area contributed by atoms with Crippen molar-refractivity contribution >= 4 is 22.3 Å². The Morgan fingerprint density at radius 2 is 1.87 bits per heavy atom. The second-order valence-corrected chi connectivity index (χ2v) is 13.5. The van der Waals surface area contributed by atoms with Crippen LogP contribution in [-0.2, 0) is 20.3 Å². The van der Waals surface area contributed by atoms with Crippen LogP contribution in [-0.4, -0.2) is 87.6 Å². The summed E-state index contributed by atoms with van der Waals surface area (Å²) in [4.78, 5) is 31.7. The standard InChI is InChI=1S/C18H21N3O4S.C15H15F2N3O/c1-12-18(10-24-11-18)25-6-5-21(12)15-7-14(9-20-17(15)22)13-3-4-19-16(8-13)26(2)23;16-13(17)14-18-11-9-5-1-2-6-10(9)21-12(11)15(19-14)20-7-3-4-8-20/h3-4,7-9,12H,5-6,10-11H2,1-2H3,(H,20,22);1-2,5-6,9-10,13H,3-4,7-8H2. The number of nitrogens with zero attached hydrogens (tertiary/aromatic N) is 5. The molecule has 8 rings (SSSR count). The molecule has 0 aromatic carbocycles. The molecule has 47 heavy (non-hydrogen) atoms. The lowest BCUT2D eigenvalue weighted by Gasteiger charge is -2.53. The Bertz CT molecular complexity index is 1790. The molecule has 1 N–H and O–H groups in total. The Labute approximate surface area is 273 Å². The van der Waals surface area contributed by atoms with Gasteiger partial charge < -0.3 is 29.0 Å². The van der Waals surface area contributed by atoms with E-state index in [0.717, 1.165) is 37.1 Å². The van der Waals surface area contributed by atoms with Crippen LogP contribution in [0.2, 0.25) is 0 Å². The normalized spacial score (nSPS) is 24.3. The number of fused-ring (bicyclic) bond motifs is 3. The summed E-state index contributed by atoms with van der Waals surface area (Å²) in [6, 6.07) is 5.55.